The third-order valence-corrected chi connectivity index (χ3v) is 6.11. The number of fused-ring (bicyclic) bond motifs is 1. The van der Waals surface area contributed by atoms with Gasteiger partial charge in [-0.1, -0.05) is 6.07 Å². The first-order chi connectivity index (χ1) is 10.9. The first-order valence-corrected chi connectivity index (χ1v) is 9.43. The molecule has 0 radical (unpaired) electrons. The van der Waals surface area contributed by atoms with E-state index in [4.69, 9.17) is 0 Å². The van der Waals surface area contributed by atoms with Crippen molar-refractivity contribution in [3.05, 3.63) is 74.4 Å². The van der Waals surface area contributed by atoms with Crippen molar-refractivity contribution in [2.24, 2.45) is 0 Å². The molecule has 0 aromatic carbocycles. The molecule has 112 valence electrons. The van der Waals surface area contributed by atoms with Crippen molar-refractivity contribution in [3.63, 3.8) is 0 Å². The average Bonchev–Trinajstić information content (AvgIpc) is 3.24. The molecule has 3 heterocycles. The second kappa shape index (κ2) is 6.32. The van der Waals surface area contributed by atoms with E-state index in [0.29, 0.717) is 12.1 Å². The second-order valence-electron chi connectivity index (χ2n) is 5.82. The number of rotatable bonds is 5. The molecule has 1 aliphatic rings. The van der Waals surface area contributed by atoms with Crippen LogP contribution in [-0.2, 0) is 19.3 Å². The molecule has 1 N–H and O–H groups in total. The highest BCUT2D eigenvalue weighted by Crippen LogP contribution is 2.29. The summed E-state index contributed by atoms with van der Waals surface area (Å²) in [6.45, 7) is 0. The van der Waals surface area contributed by atoms with Gasteiger partial charge in [0.15, 0.2) is 0 Å². The fourth-order valence-electron chi connectivity index (χ4n) is 3.20. The first-order valence-electron chi connectivity index (χ1n) is 7.61. The van der Waals surface area contributed by atoms with Crippen LogP contribution < -0.4 is 5.32 Å². The molecule has 22 heavy (non-hydrogen) atoms. The van der Waals surface area contributed by atoms with Crippen molar-refractivity contribution in [3.8, 4) is 0 Å². The van der Waals surface area contributed by atoms with E-state index in [9.17, 15) is 0 Å². The zero-order valence-electron chi connectivity index (χ0n) is 12.2. The Morgan fingerprint density at radius 1 is 1.14 bits per heavy atom. The lowest BCUT2D eigenvalue weighted by Gasteiger charge is -2.22. The standard InChI is InChI=1S/C18H18N2S2/c1-2-18(22-7-1)17(8-13-3-5-19-6-4-13)20-16-9-14-11-21-12-15(14)10-16/h1-7,11-12,16-17,20H,8-10H2. The van der Waals surface area contributed by atoms with Crippen molar-refractivity contribution < 1.29 is 0 Å². The van der Waals surface area contributed by atoms with Gasteiger partial charge in [0, 0.05) is 29.4 Å². The van der Waals surface area contributed by atoms with Crippen LogP contribution in [0.2, 0.25) is 0 Å². The highest BCUT2D eigenvalue weighted by Gasteiger charge is 2.25. The molecule has 0 saturated carbocycles. The summed E-state index contributed by atoms with van der Waals surface area (Å²) in [5.74, 6) is 0. The summed E-state index contributed by atoms with van der Waals surface area (Å²) in [5, 5.41) is 10.7. The Balaban J connectivity index is 1.50. The molecule has 4 rings (SSSR count). The van der Waals surface area contributed by atoms with E-state index in [-0.39, 0.29) is 0 Å². The zero-order chi connectivity index (χ0) is 14.8. The number of nitrogens with one attached hydrogen (secondary N) is 1. The molecule has 1 unspecified atom stereocenters. The SMILES string of the molecule is c1csc(C(Cc2ccncc2)NC2Cc3cscc3C2)c1. The van der Waals surface area contributed by atoms with E-state index in [2.05, 4.69) is 50.7 Å². The van der Waals surface area contributed by atoms with Crippen LogP contribution in [0.3, 0.4) is 0 Å². The normalized spacial score (nSPS) is 15.8. The van der Waals surface area contributed by atoms with Crippen molar-refractivity contribution in [1.29, 1.82) is 0 Å². The lowest BCUT2D eigenvalue weighted by molar-refractivity contribution is 0.447. The maximum absolute atomic E-state index is 4.12. The highest BCUT2D eigenvalue weighted by molar-refractivity contribution is 7.10. The number of aromatic nitrogens is 1. The summed E-state index contributed by atoms with van der Waals surface area (Å²) in [7, 11) is 0. The van der Waals surface area contributed by atoms with E-state index in [1.807, 2.05) is 35.1 Å². The predicted octanol–water partition coefficient (Wildman–Crippen LogP) is 4.25. The third-order valence-electron chi connectivity index (χ3n) is 4.28. The molecular weight excluding hydrogens is 308 g/mol. The third kappa shape index (κ3) is 3.00. The molecule has 2 nitrogen and oxygen atoms in total. The predicted molar refractivity (Wildman–Crippen MR) is 93.7 cm³/mol. The van der Waals surface area contributed by atoms with Gasteiger partial charge >= 0.3 is 0 Å². The van der Waals surface area contributed by atoms with Gasteiger partial charge in [-0.05, 0) is 70.3 Å². The van der Waals surface area contributed by atoms with E-state index in [0.717, 1.165) is 19.3 Å². The van der Waals surface area contributed by atoms with E-state index in [1.54, 1.807) is 0 Å². The van der Waals surface area contributed by atoms with Crippen LogP contribution in [0.25, 0.3) is 0 Å². The van der Waals surface area contributed by atoms with Gasteiger partial charge in [-0.2, -0.15) is 11.3 Å². The Bertz CT molecular complexity index is 698. The second-order valence-corrected chi connectivity index (χ2v) is 7.54. The fourth-order valence-corrected chi connectivity index (χ4v) is 4.88. The molecule has 1 atom stereocenters. The van der Waals surface area contributed by atoms with Gasteiger partial charge in [0.2, 0.25) is 0 Å². The van der Waals surface area contributed by atoms with Gasteiger partial charge in [0.1, 0.15) is 0 Å². The first kappa shape index (κ1) is 14.1. The Morgan fingerprint density at radius 3 is 2.59 bits per heavy atom. The molecule has 3 aromatic heterocycles. The van der Waals surface area contributed by atoms with Crippen LogP contribution in [-0.4, -0.2) is 11.0 Å². The summed E-state index contributed by atoms with van der Waals surface area (Å²) in [5.41, 5.74) is 4.42. The molecule has 1 aliphatic carbocycles. The van der Waals surface area contributed by atoms with Gasteiger partial charge in [-0.15, -0.1) is 11.3 Å². The lowest BCUT2D eigenvalue weighted by atomic mass is 10.0. The molecule has 0 saturated heterocycles. The number of pyridine rings is 1. The minimum absolute atomic E-state index is 0.389. The van der Waals surface area contributed by atoms with Gasteiger partial charge in [0.25, 0.3) is 0 Å². The van der Waals surface area contributed by atoms with Crippen LogP contribution in [0.15, 0.2) is 52.8 Å². The zero-order valence-corrected chi connectivity index (χ0v) is 13.9. The quantitative estimate of drug-likeness (QED) is 0.758. The lowest BCUT2D eigenvalue weighted by Crippen LogP contribution is -2.34. The topological polar surface area (TPSA) is 24.9 Å². The molecule has 4 heteroatoms. The number of hydrogen-bond acceptors (Lipinski definition) is 4. The van der Waals surface area contributed by atoms with E-state index < -0.39 is 0 Å². The Hall–Kier alpha value is -1.49. The summed E-state index contributed by atoms with van der Waals surface area (Å²) < 4.78 is 0. The maximum atomic E-state index is 4.12. The Labute approximate surface area is 138 Å². The molecule has 3 aromatic rings. The molecule has 0 amide bonds. The maximum Gasteiger partial charge on any atom is 0.0458 e. The van der Waals surface area contributed by atoms with Crippen LogP contribution in [0.4, 0.5) is 0 Å². The van der Waals surface area contributed by atoms with E-state index in [1.165, 1.54) is 21.6 Å². The van der Waals surface area contributed by atoms with Gasteiger partial charge in [-0.25, -0.2) is 0 Å². The van der Waals surface area contributed by atoms with Crippen LogP contribution in [0.5, 0.6) is 0 Å². The molecular formula is C18H18N2S2. The van der Waals surface area contributed by atoms with Gasteiger partial charge in [-0.3, -0.25) is 4.98 Å². The minimum atomic E-state index is 0.389. The van der Waals surface area contributed by atoms with Crippen molar-refractivity contribution in [1.82, 2.24) is 10.3 Å². The van der Waals surface area contributed by atoms with Gasteiger partial charge in [0.05, 0.1) is 0 Å². The average molecular weight is 326 g/mol. The fraction of sp³-hybridized carbons (Fsp3) is 0.278. The summed E-state index contributed by atoms with van der Waals surface area (Å²) in [4.78, 5) is 5.54. The minimum Gasteiger partial charge on any atom is -0.306 e. The molecule has 0 fully saturated rings. The Kier molecular flexibility index (Phi) is 4.06. The van der Waals surface area contributed by atoms with Crippen molar-refractivity contribution in [2.75, 3.05) is 0 Å². The van der Waals surface area contributed by atoms with Crippen molar-refractivity contribution in [2.45, 2.75) is 31.3 Å². The summed E-state index contributed by atoms with van der Waals surface area (Å²) >= 11 is 3.67. The monoisotopic (exact) mass is 326 g/mol. The van der Waals surface area contributed by atoms with Crippen LogP contribution in [0.1, 0.15) is 27.6 Å². The molecule has 0 spiro atoms. The molecule has 0 aliphatic heterocycles. The molecule has 0 bridgehead atoms. The van der Waals surface area contributed by atoms with Crippen molar-refractivity contribution >= 4 is 22.7 Å². The van der Waals surface area contributed by atoms with Gasteiger partial charge < -0.3 is 5.32 Å². The summed E-state index contributed by atoms with van der Waals surface area (Å²) in [6, 6.07) is 9.58. The number of hydrogen-bond donors (Lipinski definition) is 1. The summed E-state index contributed by atoms with van der Waals surface area (Å²) in [6.07, 6.45) is 7.11. The number of thiophene rings is 2. The van der Waals surface area contributed by atoms with Crippen LogP contribution >= 0.6 is 22.7 Å². The largest absolute Gasteiger partial charge is 0.306 e. The van der Waals surface area contributed by atoms with Crippen LogP contribution in [0, 0.1) is 0 Å². The Morgan fingerprint density at radius 2 is 1.91 bits per heavy atom. The van der Waals surface area contributed by atoms with E-state index >= 15 is 0 Å². The smallest absolute Gasteiger partial charge is 0.0458 e. The highest BCUT2D eigenvalue weighted by atomic mass is 32.1. The number of nitrogens with zero attached hydrogens (tertiary/aromatic N) is 1.